The Kier molecular flexibility index (Phi) is 1.85. The Balaban J connectivity index is 2.55. The molecule has 1 aliphatic heterocycles. The molecule has 0 aromatic heterocycles. The summed E-state index contributed by atoms with van der Waals surface area (Å²) in [6.07, 6.45) is 1.08. The highest BCUT2D eigenvalue weighted by Crippen LogP contribution is 2.22. The van der Waals surface area contributed by atoms with Crippen LogP contribution in [-0.2, 0) is 9.59 Å². The molecule has 0 bridgehead atoms. The van der Waals surface area contributed by atoms with Crippen LogP contribution in [0.3, 0.4) is 0 Å². The number of carboxylic acid groups (broad SMARTS) is 1. The van der Waals surface area contributed by atoms with Gasteiger partial charge in [-0.2, -0.15) is 0 Å². The summed E-state index contributed by atoms with van der Waals surface area (Å²) >= 11 is 0. The zero-order valence-corrected chi connectivity index (χ0v) is 6.39. The van der Waals surface area contributed by atoms with Crippen molar-refractivity contribution in [2.45, 2.75) is 31.7 Å². The molecule has 4 nitrogen and oxygen atoms in total. The van der Waals surface area contributed by atoms with Gasteiger partial charge in [0.05, 0.1) is 6.42 Å². The van der Waals surface area contributed by atoms with E-state index in [9.17, 15) is 9.59 Å². The van der Waals surface area contributed by atoms with E-state index in [1.165, 1.54) is 0 Å². The van der Waals surface area contributed by atoms with Gasteiger partial charge in [-0.15, -0.1) is 0 Å². The number of aliphatic carboxylic acids is 1. The normalized spacial score (nSPS) is 30.1. The minimum atomic E-state index is -0.866. The molecule has 4 heteroatoms. The number of carbonyl (C=O) groups excluding carboxylic acids is 1. The highest BCUT2D eigenvalue weighted by Gasteiger charge is 2.34. The minimum Gasteiger partial charge on any atom is -0.481 e. The first-order valence-corrected chi connectivity index (χ1v) is 3.55. The van der Waals surface area contributed by atoms with Gasteiger partial charge in [0, 0.05) is 12.0 Å². The molecule has 2 N–H and O–H groups in total. The quantitative estimate of drug-likeness (QED) is 0.598. The van der Waals surface area contributed by atoms with Crippen molar-refractivity contribution in [2.24, 2.45) is 0 Å². The Labute approximate surface area is 64.6 Å². The largest absolute Gasteiger partial charge is 0.481 e. The molecular weight excluding hydrogens is 146 g/mol. The fourth-order valence-corrected chi connectivity index (χ4v) is 1.32. The summed E-state index contributed by atoms with van der Waals surface area (Å²) in [5.41, 5.74) is -0.511. The third-order valence-electron chi connectivity index (χ3n) is 1.89. The number of hydrogen-bond donors (Lipinski definition) is 2. The van der Waals surface area contributed by atoms with Crippen LogP contribution in [-0.4, -0.2) is 22.5 Å². The van der Waals surface area contributed by atoms with Crippen molar-refractivity contribution in [1.29, 1.82) is 0 Å². The zero-order chi connectivity index (χ0) is 8.48. The second-order valence-electron chi connectivity index (χ2n) is 3.18. The average Bonchev–Trinajstić information content (AvgIpc) is 2.08. The van der Waals surface area contributed by atoms with Gasteiger partial charge in [0.25, 0.3) is 0 Å². The van der Waals surface area contributed by atoms with E-state index in [0.29, 0.717) is 12.8 Å². The summed E-state index contributed by atoms with van der Waals surface area (Å²) < 4.78 is 0. The fraction of sp³-hybridized carbons (Fsp3) is 0.714. The van der Waals surface area contributed by atoms with Crippen molar-refractivity contribution >= 4 is 11.9 Å². The zero-order valence-electron chi connectivity index (χ0n) is 6.39. The Bertz CT molecular complexity index is 202. The first-order chi connectivity index (χ1) is 5.02. The van der Waals surface area contributed by atoms with Crippen molar-refractivity contribution in [2.75, 3.05) is 0 Å². The Hall–Kier alpha value is -1.06. The monoisotopic (exact) mass is 157 g/mol. The molecule has 0 saturated carbocycles. The van der Waals surface area contributed by atoms with E-state index in [-0.39, 0.29) is 12.3 Å². The van der Waals surface area contributed by atoms with E-state index >= 15 is 0 Å². The van der Waals surface area contributed by atoms with Gasteiger partial charge in [0.2, 0.25) is 5.91 Å². The molecule has 0 spiro atoms. The highest BCUT2D eigenvalue weighted by molar-refractivity contribution is 5.81. The van der Waals surface area contributed by atoms with Crippen LogP contribution < -0.4 is 5.32 Å². The summed E-state index contributed by atoms with van der Waals surface area (Å²) in [7, 11) is 0. The van der Waals surface area contributed by atoms with Gasteiger partial charge >= 0.3 is 5.97 Å². The SMILES string of the molecule is C[C@]1(CC(=O)O)CCC(=O)N1. The molecule has 1 aliphatic rings. The molecular formula is C7H11NO3. The number of carbonyl (C=O) groups is 2. The molecule has 11 heavy (non-hydrogen) atoms. The topological polar surface area (TPSA) is 66.4 Å². The van der Waals surface area contributed by atoms with Gasteiger partial charge in [0.15, 0.2) is 0 Å². The van der Waals surface area contributed by atoms with Crippen molar-refractivity contribution < 1.29 is 14.7 Å². The molecule has 1 amide bonds. The third-order valence-corrected chi connectivity index (χ3v) is 1.89. The average molecular weight is 157 g/mol. The van der Waals surface area contributed by atoms with Crippen LogP contribution in [0, 0.1) is 0 Å². The van der Waals surface area contributed by atoms with Gasteiger partial charge < -0.3 is 10.4 Å². The van der Waals surface area contributed by atoms with Crippen molar-refractivity contribution in [3.05, 3.63) is 0 Å². The smallest absolute Gasteiger partial charge is 0.305 e. The van der Waals surface area contributed by atoms with E-state index in [1.54, 1.807) is 6.92 Å². The third kappa shape index (κ3) is 1.93. The van der Waals surface area contributed by atoms with Crippen LogP contribution in [0.4, 0.5) is 0 Å². The maximum absolute atomic E-state index is 10.7. The van der Waals surface area contributed by atoms with Crippen LogP contribution in [0.5, 0.6) is 0 Å². The molecule has 0 aliphatic carbocycles. The Morgan fingerprint density at radius 3 is 2.82 bits per heavy atom. The molecule has 0 aromatic rings. The first-order valence-electron chi connectivity index (χ1n) is 3.55. The number of rotatable bonds is 2. The Morgan fingerprint density at radius 2 is 2.45 bits per heavy atom. The lowest BCUT2D eigenvalue weighted by Crippen LogP contribution is -2.40. The van der Waals surface area contributed by atoms with Crippen LogP contribution in [0.2, 0.25) is 0 Å². The summed E-state index contributed by atoms with van der Waals surface area (Å²) in [5, 5.41) is 11.1. The molecule has 0 radical (unpaired) electrons. The maximum Gasteiger partial charge on any atom is 0.305 e. The lowest BCUT2D eigenvalue weighted by molar-refractivity contribution is -0.138. The number of amides is 1. The molecule has 0 aromatic carbocycles. The standard InChI is InChI=1S/C7H11NO3/c1-7(4-6(10)11)3-2-5(9)8-7/h2-4H2,1H3,(H,8,9)(H,10,11)/t7-/m1/s1. The van der Waals surface area contributed by atoms with Crippen molar-refractivity contribution in [1.82, 2.24) is 5.32 Å². The number of hydrogen-bond acceptors (Lipinski definition) is 2. The summed E-state index contributed by atoms with van der Waals surface area (Å²) in [5.74, 6) is -0.913. The first kappa shape index (κ1) is 8.04. The number of carboxylic acids is 1. The summed E-state index contributed by atoms with van der Waals surface area (Å²) in [4.78, 5) is 21.1. The predicted octanol–water partition coefficient (Wildman–Crippen LogP) is 0.130. The minimum absolute atomic E-state index is 0.0126. The second-order valence-corrected chi connectivity index (χ2v) is 3.18. The van der Waals surface area contributed by atoms with Gasteiger partial charge in [-0.1, -0.05) is 0 Å². The highest BCUT2D eigenvalue weighted by atomic mass is 16.4. The molecule has 1 heterocycles. The lowest BCUT2D eigenvalue weighted by Gasteiger charge is -2.20. The Morgan fingerprint density at radius 1 is 1.82 bits per heavy atom. The molecule has 62 valence electrons. The van der Waals surface area contributed by atoms with Crippen LogP contribution in [0.25, 0.3) is 0 Å². The fourth-order valence-electron chi connectivity index (χ4n) is 1.32. The number of nitrogens with one attached hydrogen (secondary N) is 1. The molecule has 1 rings (SSSR count). The van der Waals surface area contributed by atoms with Crippen molar-refractivity contribution in [3.8, 4) is 0 Å². The van der Waals surface area contributed by atoms with Crippen LogP contribution in [0.15, 0.2) is 0 Å². The molecule has 1 saturated heterocycles. The van der Waals surface area contributed by atoms with E-state index in [4.69, 9.17) is 5.11 Å². The van der Waals surface area contributed by atoms with Gasteiger partial charge in [0.1, 0.15) is 0 Å². The van der Waals surface area contributed by atoms with E-state index in [2.05, 4.69) is 5.32 Å². The maximum atomic E-state index is 10.7. The van der Waals surface area contributed by atoms with Crippen molar-refractivity contribution in [3.63, 3.8) is 0 Å². The lowest BCUT2D eigenvalue weighted by atomic mass is 9.96. The van der Waals surface area contributed by atoms with Gasteiger partial charge in [-0.25, -0.2) is 0 Å². The molecule has 1 fully saturated rings. The van der Waals surface area contributed by atoms with Gasteiger partial charge in [-0.3, -0.25) is 9.59 Å². The van der Waals surface area contributed by atoms with E-state index in [0.717, 1.165) is 0 Å². The summed E-state index contributed by atoms with van der Waals surface area (Å²) in [6, 6.07) is 0. The van der Waals surface area contributed by atoms with E-state index < -0.39 is 11.5 Å². The molecule has 1 atom stereocenters. The van der Waals surface area contributed by atoms with Gasteiger partial charge in [-0.05, 0) is 13.3 Å². The van der Waals surface area contributed by atoms with E-state index in [1.807, 2.05) is 0 Å². The van der Waals surface area contributed by atoms with Crippen LogP contribution >= 0.6 is 0 Å². The summed E-state index contributed by atoms with van der Waals surface area (Å²) in [6.45, 7) is 1.76. The molecule has 0 unspecified atom stereocenters. The second kappa shape index (κ2) is 2.53. The van der Waals surface area contributed by atoms with Crippen LogP contribution in [0.1, 0.15) is 26.2 Å². The predicted molar refractivity (Wildman–Crippen MR) is 38.0 cm³/mol.